The van der Waals surface area contributed by atoms with Crippen molar-refractivity contribution in [1.29, 1.82) is 0 Å². The summed E-state index contributed by atoms with van der Waals surface area (Å²) in [6.45, 7) is 5.07. The molecule has 1 aromatic rings. The third kappa shape index (κ3) is 3.06. The molecule has 1 aliphatic carbocycles. The van der Waals surface area contributed by atoms with E-state index in [-0.39, 0.29) is 0 Å². The van der Waals surface area contributed by atoms with E-state index in [0.29, 0.717) is 5.54 Å². The summed E-state index contributed by atoms with van der Waals surface area (Å²) in [6, 6.07) is 0. The van der Waals surface area contributed by atoms with E-state index < -0.39 is 0 Å². The van der Waals surface area contributed by atoms with E-state index >= 15 is 0 Å². The topological polar surface area (TPSA) is 41.1 Å². The second-order valence-electron chi connectivity index (χ2n) is 5.82. The predicted octanol–water partition coefficient (Wildman–Crippen LogP) is 2.63. The molecule has 1 aromatic heterocycles. The van der Waals surface area contributed by atoms with Gasteiger partial charge in [0.15, 0.2) is 0 Å². The minimum Gasteiger partial charge on any atom is -0.368 e. The maximum Gasteiger partial charge on any atom is 0.132 e. The normalized spacial score (nSPS) is 17.9. The molecule has 106 valence electrons. The zero-order valence-electron chi connectivity index (χ0n) is 12.7. The van der Waals surface area contributed by atoms with E-state index in [1.54, 1.807) is 0 Å². The maximum atomic E-state index is 4.55. The minimum atomic E-state index is 0.296. The number of nitrogens with zero attached hydrogens (tertiary/aromatic N) is 3. The fourth-order valence-electron chi connectivity index (χ4n) is 2.97. The van der Waals surface area contributed by atoms with Crippen molar-refractivity contribution in [3.05, 3.63) is 17.6 Å². The lowest BCUT2D eigenvalue weighted by molar-refractivity contribution is 0.172. The summed E-state index contributed by atoms with van der Waals surface area (Å²) in [6.07, 6.45) is 8.14. The molecule has 1 saturated carbocycles. The first kappa shape index (κ1) is 14.3. The average molecular weight is 262 g/mol. The molecule has 0 amide bonds. The Labute approximate surface area is 116 Å². The van der Waals surface area contributed by atoms with Crippen molar-refractivity contribution in [1.82, 2.24) is 14.9 Å². The average Bonchev–Trinajstić information content (AvgIpc) is 2.86. The van der Waals surface area contributed by atoms with Gasteiger partial charge in [0.1, 0.15) is 11.6 Å². The Bertz CT molecular complexity index is 422. The van der Waals surface area contributed by atoms with Crippen LogP contribution in [0.4, 0.5) is 5.82 Å². The fraction of sp³-hybridized carbons (Fsp3) is 0.733. The van der Waals surface area contributed by atoms with E-state index in [2.05, 4.69) is 41.2 Å². The second kappa shape index (κ2) is 5.87. The molecule has 0 atom stereocenters. The van der Waals surface area contributed by atoms with Gasteiger partial charge in [-0.15, -0.1) is 0 Å². The SMILES string of the molecule is CCc1cnc(C)nc1NCC1(N(C)C)CCCC1. The molecule has 1 aliphatic rings. The summed E-state index contributed by atoms with van der Waals surface area (Å²) < 4.78 is 0. The fourth-order valence-corrected chi connectivity index (χ4v) is 2.97. The molecule has 2 rings (SSSR count). The Kier molecular flexibility index (Phi) is 4.40. The lowest BCUT2D eigenvalue weighted by Crippen LogP contribution is -2.47. The van der Waals surface area contributed by atoms with Crippen LogP contribution in [0.15, 0.2) is 6.20 Å². The monoisotopic (exact) mass is 262 g/mol. The minimum absolute atomic E-state index is 0.296. The van der Waals surface area contributed by atoms with Crippen LogP contribution in [0.25, 0.3) is 0 Å². The van der Waals surface area contributed by atoms with Crippen LogP contribution in [0.2, 0.25) is 0 Å². The maximum absolute atomic E-state index is 4.55. The first-order valence-corrected chi connectivity index (χ1v) is 7.31. The molecule has 19 heavy (non-hydrogen) atoms. The van der Waals surface area contributed by atoms with Gasteiger partial charge in [0.2, 0.25) is 0 Å². The number of hydrogen-bond donors (Lipinski definition) is 1. The quantitative estimate of drug-likeness (QED) is 0.885. The van der Waals surface area contributed by atoms with Gasteiger partial charge in [-0.1, -0.05) is 19.8 Å². The number of aromatic nitrogens is 2. The van der Waals surface area contributed by atoms with Gasteiger partial charge < -0.3 is 10.2 Å². The number of hydrogen-bond acceptors (Lipinski definition) is 4. The van der Waals surface area contributed by atoms with Crippen molar-refractivity contribution in [3.63, 3.8) is 0 Å². The Morgan fingerprint density at radius 3 is 2.58 bits per heavy atom. The molecule has 4 heteroatoms. The molecule has 0 aliphatic heterocycles. The van der Waals surface area contributed by atoms with Crippen LogP contribution in [0.5, 0.6) is 0 Å². The lowest BCUT2D eigenvalue weighted by Gasteiger charge is -2.36. The van der Waals surface area contributed by atoms with Crippen molar-refractivity contribution < 1.29 is 0 Å². The molecular weight excluding hydrogens is 236 g/mol. The van der Waals surface area contributed by atoms with E-state index in [1.165, 1.54) is 31.2 Å². The summed E-state index contributed by atoms with van der Waals surface area (Å²) in [4.78, 5) is 11.2. The molecule has 0 saturated heterocycles. The van der Waals surface area contributed by atoms with Crippen molar-refractivity contribution in [3.8, 4) is 0 Å². The van der Waals surface area contributed by atoms with Gasteiger partial charge in [-0.3, -0.25) is 0 Å². The Morgan fingerprint density at radius 2 is 2.00 bits per heavy atom. The van der Waals surface area contributed by atoms with Gasteiger partial charge in [0.05, 0.1) is 0 Å². The molecule has 1 N–H and O–H groups in total. The lowest BCUT2D eigenvalue weighted by atomic mass is 9.96. The zero-order chi connectivity index (χ0) is 13.9. The van der Waals surface area contributed by atoms with Gasteiger partial charge in [0.25, 0.3) is 0 Å². The second-order valence-corrected chi connectivity index (χ2v) is 5.82. The first-order valence-electron chi connectivity index (χ1n) is 7.31. The van der Waals surface area contributed by atoms with E-state index in [1.807, 2.05) is 13.1 Å². The molecule has 4 nitrogen and oxygen atoms in total. The highest BCUT2D eigenvalue weighted by Gasteiger charge is 2.35. The van der Waals surface area contributed by atoms with E-state index in [9.17, 15) is 0 Å². The summed E-state index contributed by atoms with van der Waals surface area (Å²) in [5, 5.41) is 3.58. The molecule has 1 heterocycles. The third-order valence-electron chi connectivity index (χ3n) is 4.43. The summed E-state index contributed by atoms with van der Waals surface area (Å²) in [5.74, 6) is 1.85. The molecule has 0 aromatic carbocycles. The van der Waals surface area contributed by atoms with Crippen LogP contribution in [0, 0.1) is 6.92 Å². The zero-order valence-corrected chi connectivity index (χ0v) is 12.7. The highest BCUT2D eigenvalue weighted by molar-refractivity contribution is 5.43. The summed E-state index contributed by atoms with van der Waals surface area (Å²) in [7, 11) is 4.39. The largest absolute Gasteiger partial charge is 0.368 e. The van der Waals surface area contributed by atoms with Crippen molar-refractivity contribution in [2.45, 2.75) is 51.5 Å². The summed E-state index contributed by atoms with van der Waals surface area (Å²) >= 11 is 0. The van der Waals surface area contributed by atoms with E-state index in [4.69, 9.17) is 0 Å². The van der Waals surface area contributed by atoms with Crippen molar-refractivity contribution in [2.75, 3.05) is 26.0 Å². The van der Waals surface area contributed by atoms with Gasteiger partial charge in [-0.05, 0) is 40.3 Å². The van der Waals surface area contributed by atoms with Gasteiger partial charge >= 0.3 is 0 Å². The first-order chi connectivity index (χ1) is 9.07. The molecule has 0 spiro atoms. The molecule has 0 bridgehead atoms. The van der Waals surface area contributed by atoms with Crippen LogP contribution >= 0.6 is 0 Å². The number of anilines is 1. The van der Waals surface area contributed by atoms with Crippen LogP contribution < -0.4 is 5.32 Å². The highest BCUT2D eigenvalue weighted by Crippen LogP contribution is 2.34. The van der Waals surface area contributed by atoms with Gasteiger partial charge in [-0.2, -0.15) is 0 Å². The van der Waals surface area contributed by atoms with E-state index in [0.717, 1.165) is 24.6 Å². The number of aryl methyl sites for hydroxylation is 2. The number of rotatable bonds is 5. The van der Waals surface area contributed by atoms with Crippen LogP contribution in [-0.2, 0) is 6.42 Å². The standard InChI is InChI=1S/C15H26N4/c1-5-13-10-16-12(2)18-14(13)17-11-15(19(3)4)8-6-7-9-15/h10H,5-9,11H2,1-4H3,(H,16,17,18). The molecule has 0 unspecified atom stereocenters. The van der Waals surface area contributed by atoms with Crippen LogP contribution in [-0.4, -0.2) is 41.0 Å². The Morgan fingerprint density at radius 1 is 1.32 bits per heavy atom. The Hall–Kier alpha value is -1.16. The third-order valence-corrected chi connectivity index (χ3v) is 4.43. The highest BCUT2D eigenvalue weighted by atomic mass is 15.2. The Balaban J connectivity index is 2.11. The number of nitrogens with one attached hydrogen (secondary N) is 1. The van der Waals surface area contributed by atoms with Crippen molar-refractivity contribution in [2.24, 2.45) is 0 Å². The van der Waals surface area contributed by atoms with Crippen molar-refractivity contribution >= 4 is 5.82 Å². The van der Waals surface area contributed by atoms with Gasteiger partial charge in [0, 0.05) is 23.8 Å². The van der Waals surface area contributed by atoms with Crippen LogP contribution in [0.3, 0.4) is 0 Å². The smallest absolute Gasteiger partial charge is 0.132 e. The number of likely N-dealkylation sites (N-methyl/N-ethyl adjacent to an activating group) is 1. The van der Waals surface area contributed by atoms with Crippen LogP contribution in [0.1, 0.15) is 44.0 Å². The predicted molar refractivity (Wildman–Crippen MR) is 79.5 cm³/mol. The molecular formula is C15H26N4. The van der Waals surface area contributed by atoms with Gasteiger partial charge in [-0.25, -0.2) is 9.97 Å². The molecule has 0 radical (unpaired) electrons. The summed E-state index contributed by atoms with van der Waals surface area (Å²) in [5.41, 5.74) is 1.50. The molecule has 1 fully saturated rings.